The van der Waals surface area contributed by atoms with E-state index in [-0.39, 0.29) is 5.60 Å². The average molecular weight is 393 g/mol. The van der Waals surface area contributed by atoms with Gasteiger partial charge in [-0.1, -0.05) is 18.2 Å². The maximum absolute atomic E-state index is 6.37. The van der Waals surface area contributed by atoms with E-state index in [1.54, 1.807) is 4.88 Å². The number of hydrogen-bond donors (Lipinski definition) is 0. The van der Waals surface area contributed by atoms with Gasteiger partial charge in [-0.3, -0.25) is 4.90 Å². The zero-order valence-electron chi connectivity index (χ0n) is 16.8. The molecule has 28 heavy (non-hydrogen) atoms. The normalized spacial score (nSPS) is 19.1. The Kier molecular flexibility index (Phi) is 4.66. The highest BCUT2D eigenvalue weighted by molar-refractivity contribution is 7.10. The van der Waals surface area contributed by atoms with Crippen molar-refractivity contribution in [2.75, 3.05) is 19.7 Å². The first kappa shape index (κ1) is 18.2. The van der Waals surface area contributed by atoms with Gasteiger partial charge in [0.15, 0.2) is 0 Å². The molecule has 4 heteroatoms. The van der Waals surface area contributed by atoms with E-state index < -0.39 is 0 Å². The predicted octanol–water partition coefficient (Wildman–Crippen LogP) is 5.22. The first-order valence-electron chi connectivity index (χ1n) is 10.3. The van der Waals surface area contributed by atoms with Gasteiger partial charge in [-0.05, 0) is 67.5 Å². The third kappa shape index (κ3) is 3.04. The molecule has 3 aromatic rings. The van der Waals surface area contributed by atoms with Crippen LogP contribution in [-0.4, -0.2) is 29.2 Å². The molecule has 3 nitrogen and oxygen atoms in total. The second kappa shape index (κ2) is 7.18. The molecule has 2 aliphatic rings. The summed E-state index contributed by atoms with van der Waals surface area (Å²) in [6.07, 6.45) is 3.30. The highest BCUT2D eigenvalue weighted by Gasteiger charge is 2.41. The topological polar surface area (TPSA) is 17.4 Å². The standard InChI is InChI=1S/C24H28N2OS/c1-18-16-20(19(2)26(18)21-6-4-3-5-7-21)17-25-12-10-24(11-13-25)22-9-15-28-23(22)8-14-27-24/h3-7,9,15-16H,8,10-14,17H2,1-2H3. The van der Waals surface area contributed by atoms with E-state index in [0.29, 0.717) is 0 Å². The quantitative estimate of drug-likeness (QED) is 0.608. The molecule has 0 unspecified atom stereocenters. The molecule has 0 radical (unpaired) electrons. The Labute approximate surface area is 171 Å². The van der Waals surface area contributed by atoms with E-state index in [9.17, 15) is 0 Å². The molecule has 4 heterocycles. The number of rotatable bonds is 3. The number of likely N-dealkylation sites (tertiary alicyclic amines) is 1. The van der Waals surface area contributed by atoms with Crippen LogP contribution in [0.2, 0.25) is 0 Å². The molecule has 0 saturated carbocycles. The summed E-state index contributed by atoms with van der Waals surface area (Å²) in [4.78, 5) is 4.15. The van der Waals surface area contributed by atoms with Gasteiger partial charge in [0.05, 0.1) is 12.2 Å². The lowest BCUT2D eigenvalue weighted by atomic mass is 9.82. The second-order valence-electron chi connectivity index (χ2n) is 8.19. The van der Waals surface area contributed by atoms with Crippen LogP contribution in [0.5, 0.6) is 0 Å². The molecular weight excluding hydrogens is 364 g/mol. The Balaban J connectivity index is 1.32. The number of nitrogens with zero attached hydrogens (tertiary/aromatic N) is 2. The number of para-hydroxylation sites is 1. The lowest BCUT2D eigenvalue weighted by molar-refractivity contribution is -0.0980. The Morgan fingerprint density at radius 3 is 2.64 bits per heavy atom. The fourth-order valence-corrected chi connectivity index (χ4v) is 6.00. The number of ether oxygens (including phenoxy) is 1. The van der Waals surface area contributed by atoms with E-state index in [1.807, 2.05) is 11.3 Å². The van der Waals surface area contributed by atoms with Gasteiger partial charge < -0.3 is 9.30 Å². The SMILES string of the molecule is Cc1cc(CN2CCC3(CC2)OCCc2sccc23)c(C)n1-c1ccccc1. The van der Waals surface area contributed by atoms with E-state index in [1.165, 1.54) is 28.2 Å². The number of aromatic nitrogens is 1. The van der Waals surface area contributed by atoms with Crippen LogP contribution in [0, 0.1) is 13.8 Å². The van der Waals surface area contributed by atoms with Crippen molar-refractivity contribution >= 4 is 11.3 Å². The van der Waals surface area contributed by atoms with Gasteiger partial charge in [0, 0.05) is 48.0 Å². The Morgan fingerprint density at radius 1 is 1.07 bits per heavy atom. The van der Waals surface area contributed by atoms with Crippen molar-refractivity contribution in [2.45, 2.75) is 45.3 Å². The van der Waals surface area contributed by atoms with Crippen LogP contribution in [-0.2, 0) is 23.3 Å². The van der Waals surface area contributed by atoms with E-state index in [2.05, 4.69) is 71.2 Å². The molecule has 0 bridgehead atoms. The molecular formula is C24H28N2OS. The number of thiophene rings is 1. The van der Waals surface area contributed by atoms with Crippen molar-refractivity contribution in [1.82, 2.24) is 9.47 Å². The largest absolute Gasteiger partial charge is 0.370 e. The van der Waals surface area contributed by atoms with Crippen molar-refractivity contribution < 1.29 is 4.74 Å². The number of fused-ring (bicyclic) bond motifs is 2. The van der Waals surface area contributed by atoms with Crippen molar-refractivity contribution in [3.63, 3.8) is 0 Å². The molecule has 0 N–H and O–H groups in total. The zero-order chi connectivity index (χ0) is 19.1. The second-order valence-corrected chi connectivity index (χ2v) is 9.19. The van der Waals surface area contributed by atoms with Crippen LogP contribution in [0.1, 0.15) is 40.2 Å². The van der Waals surface area contributed by atoms with Crippen molar-refractivity contribution in [1.29, 1.82) is 0 Å². The fraction of sp³-hybridized carbons (Fsp3) is 0.417. The summed E-state index contributed by atoms with van der Waals surface area (Å²) in [5, 5.41) is 2.24. The smallest absolute Gasteiger partial charge is 0.0966 e. The third-order valence-corrected chi connectivity index (χ3v) is 7.53. The molecule has 1 spiro atoms. The van der Waals surface area contributed by atoms with Crippen LogP contribution in [0.15, 0.2) is 47.8 Å². The summed E-state index contributed by atoms with van der Waals surface area (Å²) < 4.78 is 8.75. The number of benzene rings is 1. The third-order valence-electron chi connectivity index (χ3n) is 6.55. The van der Waals surface area contributed by atoms with Gasteiger partial charge >= 0.3 is 0 Å². The summed E-state index contributed by atoms with van der Waals surface area (Å²) in [5.41, 5.74) is 6.82. The Hall–Kier alpha value is -1.88. The molecule has 2 aliphatic heterocycles. The fourth-order valence-electron chi connectivity index (χ4n) is 5.05. The molecule has 1 aromatic carbocycles. The molecule has 1 saturated heterocycles. The summed E-state index contributed by atoms with van der Waals surface area (Å²) in [5.74, 6) is 0. The minimum Gasteiger partial charge on any atom is -0.370 e. The zero-order valence-corrected chi connectivity index (χ0v) is 17.6. The highest BCUT2D eigenvalue weighted by Crippen LogP contribution is 2.43. The average Bonchev–Trinajstić information content (AvgIpc) is 3.30. The predicted molar refractivity (Wildman–Crippen MR) is 115 cm³/mol. The van der Waals surface area contributed by atoms with E-state index in [4.69, 9.17) is 4.74 Å². The van der Waals surface area contributed by atoms with Crippen molar-refractivity contribution in [3.8, 4) is 5.69 Å². The first-order valence-corrected chi connectivity index (χ1v) is 11.2. The highest BCUT2D eigenvalue weighted by atomic mass is 32.1. The van der Waals surface area contributed by atoms with Gasteiger partial charge in [0.25, 0.3) is 0 Å². The number of aryl methyl sites for hydroxylation is 1. The van der Waals surface area contributed by atoms with Gasteiger partial charge in [0.1, 0.15) is 0 Å². The molecule has 0 atom stereocenters. The van der Waals surface area contributed by atoms with E-state index >= 15 is 0 Å². The summed E-state index contributed by atoms with van der Waals surface area (Å²) in [7, 11) is 0. The molecule has 5 rings (SSSR count). The lowest BCUT2D eigenvalue weighted by Crippen LogP contribution is -2.45. The number of hydrogen-bond acceptors (Lipinski definition) is 3. The van der Waals surface area contributed by atoms with Crippen LogP contribution in [0.4, 0.5) is 0 Å². The van der Waals surface area contributed by atoms with E-state index in [0.717, 1.165) is 45.5 Å². The molecule has 1 fully saturated rings. The molecule has 0 amide bonds. The summed E-state index contributed by atoms with van der Waals surface area (Å²) in [6.45, 7) is 8.57. The van der Waals surface area contributed by atoms with Gasteiger partial charge in [-0.25, -0.2) is 0 Å². The lowest BCUT2D eigenvalue weighted by Gasteiger charge is -2.44. The van der Waals surface area contributed by atoms with Crippen molar-refractivity contribution in [2.24, 2.45) is 0 Å². The summed E-state index contributed by atoms with van der Waals surface area (Å²) >= 11 is 1.90. The minimum absolute atomic E-state index is 0.0228. The first-order chi connectivity index (χ1) is 13.7. The van der Waals surface area contributed by atoms with Crippen LogP contribution in [0.3, 0.4) is 0 Å². The van der Waals surface area contributed by atoms with Gasteiger partial charge in [-0.2, -0.15) is 0 Å². The maximum Gasteiger partial charge on any atom is 0.0966 e. The van der Waals surface area contributed by atoms with Crippen molar-refractivity contribution in [3.05, 3.63) is 75.2 Å². The Bertz CT molecular complexity index is 964. The van der Waals surface area contributed by atoms with Gasteiger partial charge in [0.2, 0.25) is 0 Å². The van der Waals surface area contributed by atoms with Gasteiger partial charge in [-0.15, -0.1) is 11.3 Å². The van der Waals surface area contributed by atoms with Crippen LogP contribution in [0.25, 0.3) is 5.69 Å². The van der Waals surface area contributed by atoms with Crippen LogP contribution < -0.4 is 0 Å². The minimum atomic E-state index is -0.0228. The molecule has 146 valence electrons. The molecule has 2 aromatic heterocycles. The monoisotopic (exact) mass is 392 g/mol. The summed E-state index contributed by atoms with van der Waals surface area (Å²) in [6, 6.07) is 15.3. The Morgan fingerprint density at radius 2 is 1.86 bits per heavy atom. The maximum atomic E-state index is 6.37. The molecule has 0 aliphatic carbocycles. The number of piperidine rings is 1. The van der Waals surface area contributed by atoms with Crippen LogP contribution >= 0.6 is 11.3 Å².